The van der Waals surface area contributed by atoms with Crippen LogP contribution >= 0.6 is 0 Å². The van der Waals surface area contributed by atoms with Crippen LogP contribution in [0.3, 0.4) is 0 Å². The first-order valence-corrected chi connectivity index (χ1v) is 4.46. The molecule has 3 heteroatoms. The molecular weight excluding hydrogens is 180 g/mol. The maximum absolute atomic E-state index is 10.7. The smallest absolute Gasteiger partial charge is 0.153 e. The molecule has 0 unspecified atom stereocenters. The lowest BCUT2D eigenvalue weighted by atomic mass is 10.1. The largest absolute Gasteiger partial charge is 0.490 e. The van der Waals surface area contributed by atoms with Crippen LogP contribution < -0.4 is 4.74 Å². The molecule has 0 bridgehead atoms. The summed E-state index contributed by atoms with van der Waals surface area (Å²) in [6, 6.07) is 5.49. The van der Waals surface area contributed by atoms with Crippen molar-refractivity contribution in [1.82, 2.24) is 0 Å². The third-order valence-electron chi connectivity index (χ3n) is 1.90. The number of aldehydes is 1. The summed E-state index contributed by atoms with van der Waals surface area (Å²) in [5.74, 6) is 0.652. The van der Waals surface area contributed by atoms with Crippen molar-refractivity contribution in [2.24, 2.45) is 0 Å². The summed E-state index contributed by atoms with van der Waals surface area (Å²) in [7, 11) is 1.61. The van der Waals surface area contributed by atoms with Gasteiger partial charge in [-0.15, -0.1) is 0 Å². The van der Waals surface area contributed by atoms with Crippen molar-refractivity contribution in [3.8, 4) is 5.75 Å². The molecule has 0 spiro atoms. The van der Waals surface area contributed by atoms with Crippen LogP contribution in [0.25, 0.3) is 0 Å². The normalized spacial score (nSPS) is 9.86. The SMILES string of the molecule is COCCOc1c(C)cccc1C=O. The maximum Gasteiger partial charge on any atom is 0.153 e. The Kier molecular flexibility index (Phi) is 4.13. The Balaban J connectivity index is 2.77. The lowest BCUT2D eigenvalue weighted by Crippen LogP contribution is -2.06. The average molecular weight is 194 g/mol. The monoisotopic (exact) mass is 194 g/mol. The molecule has 0 radical (unpaired) electrons. The summed E-state index contributed by atoms with van der Waals surface area (Å²) in [6.45, 7) is 2.89. The molecule has 0 heterocycles. The van der Waals surface area contributed by atoms with Gasteiger partial charge in [-0.05, 0) is 18.6 Å². The van der Waals surface area contributed by atoms with Gasteiger partial charge >= 0.3 is 0 Å². The highest BCUT2D eigenvalue weighted by Gasteiger charge is 2.05. The van der Waals surface area contributed by atoms with E-state index in [1.807, 2.05) is 19.1 Å². The molecule has 0 atom stereocenters. The van der Waals surface area contributed by atoms with Gasteiger partial charge in [0.05, 0.1) is 12.2 Å². The molecule has 3 nitrogen and oxygen atoms in total. The zero-order valence-electron chi connectivity index (χ0n) is 8.45. The van der Waals surface area contributed by atoms with E-state index in [1.165, 1.54) is 0 Å². The summed E-state index contributed by atoms with van der Waals surface area (Å²) in [5.41, 5.74) is 1.55. The molecular formula is C11H14O3. The predicted octanol–water partition coefficient (Wildman–Crippen LogP) is 1.83. The van der Waals surface area contributed by atoms with Crippen molar-refractivity contribution in [2.45, 2.75) is 6.92 Å². The van der Waals surface area contributed by atoms with E-state index in [2.05, 4.69) is 0 Å². The predicted molar refractivity (Wildman–Crippen MR) is 53.9 cm³/mol. The molecule has 1 rings (SSSR count). The minimum atomic E-state index is 0.461. The highest BCUT2D eigenvalue weighted by molar-refractivity contribution is 5.80. The topological polar surface area (TPSA) is 35.5 Å². The van der Waals surface area contributed by atoms with Crippen LogP contribution in [0.4, 0.5) is 0 Å². The van der Waals surface area contributed by atoms with Gasteiger partial charge < -0.3 is 9.47 Å². The highest BCUT2D eigenvalue weighted by atomic mass is 16.5. The van der Waals surface area contributed by atoms with Crippen LogP contribution in [0.2, 0.25) is 0 Å². The van der Waals surface area contributed by atoms with Crippen LogP contribution in [-0.4, -0.2) is 26.6 Å². The molecule has 0 aromatic heterocycles. The summed E-state index contributed by atoms with van der Waals surface area (Å²) < 4.78 is 10.3. The fourth-order valence-electron chi connectivity index (χ4n) is 1.19. The van der Waals surface area contributed by atoms with Crippen molar-refractivity contribution < 1.29 is 14.3 Å². The number of hydrogen-bond acceptors (Lipinski definition) is 3. The van der Waals surface area contributed by atoms with Gasteiger partial charge in [0.15, 0.2) is 6.29 Å². The summed E-state index contributed by atoms with van der Waals surface area (Å²) in [4.78, 5) is 10.7. The van der Waals surface area contributed by atoms with Crippen LogP contribution in [-0.2, 0) is 4.74 Å². The number of para-hydroxylation sites is 1. The van der Waals surface area contributed by atoms with E-state index < -0.39 is 0 Å². The van der Waals surface area contributed by atoms with Gasteiger partial charge in [0.25, 0.3) is 0 Å². The number of carbonyl (C=O) groups excluding carboxylic acids is 1. The van der Waals surface area contributed by atoms with E-state index in [-0.39, 0.29) is 0 Å². The molecule has 0 amide bonds. The van der Waals surface area contributed by atoms with Gasteiger partial charge in [0, 0.05) is 7.11 Å². The quantitative estimate of drug-likeness (QED) is 0.530. The van der Waals surface area contributed by atoms with Gasteiger partial charge in [-0.3, -0.25) is 4.79 Å². The first kappa shape index (κ1) is 10.7. The number of carbonyl (C=O) groups is 1. The first-order valence-electron chi connectivity index (χ1n) is 4.46. The third-order valence-corrected chi connectivity index (χ3v) is 1.90. The van der Waals surface area contributed by atoms with Crippen LogP contribution in [0.5, 0.6) is 5.75 Å². The molecule has 1 aromatic carbocycles. The Morgan fingerprint density at radius 2 is 2.14 bits per heavy atom. The number of benzene rings is 1. The van der Waals surface area contributed by atoms with Crippen molar-refractivity contribution in [2.75, 3.05) is 20.3 Å². The lowest BCUT2D eigenvalue weighted by Gasteiger charge is -2.10. The van der Waals surface area contributed by atoms with Gasteiger partial charge in [-0.25, -0.2) is 0 Å². The molecule has 0 saturated carbocycles. The molecule has 0 aliphatic rings. The summed E-state index contributed by atoms with van der Waals surface area (Å²) in [5, 5.41) is 0. The lowest BCUT2D eigenvalue weighted by molar-refractivity contribution is 0.111. The minimum absolute atomic E-state index is 0.461. The summed E-state index contributed by atoms with van der Waals surface area (Å²) >= 11 is 0. The Hall–Kier alpha value is -1.35. The van der Waals surface area contributed by atoms with E-state index in [0.29, 0.717) is 24.5 Å². The van der Waals surface area contributed by atoms with E-state index in [4.69, 9.17) is 9.47 Å². The molecule has 0 fully saturated rings. The second kappa shape index (κ2) is 5.40. The van der Waals surface area contributed by atoms with Gasteiger partial charge in [-0.2, -0.15) is 0 Å². The molecule has 1 aromatic rings. The second-order valence-electron chi connectivity index (χ2n) is 2.95. The maximum atomic E-state index is 10.7. The number of hydrogen-bond donors (Lipinski definition) is 0. The number of rotatable bonds is 5. The number of methoxy groups -OCH3 is 1. The van der Waals surface area contributed by atoms with Gasteiger partial charge in [0.1, 0.15) is 12.4 Å². The molecule has 14 heavy (non-hydrogen) atoms. The Labute approximate surface area is 83.6 Å². The standard InChI is InChI=1S/C11H14O3/c1-9-4-3-5-10(8-12)11(9)14-7-6-13-2/h3-5,8H,6-7H2,1-2H3. The Bertz CT molecular complexity index is 307. The molecule has 76 valence electrons. The van der Waals surface area contributed by atoms with E-state index in [1.54, 1.807) is 13.2 Å². The third kappa shape index (κ3) is 2.57. The zero-order valence-corrected chi connectivity index (χ0v) is 8.45. The highest BCUT2D eigenvalue weighted by Crippen LogP contribution is 2.21. The Morgan fingerprint density at radius 3 is 2.79 bits per heavy atom. The molecule has 0 aliphatic carbocycles. The molecule has 0 N–H and O–H groups in total. The van der Waals surface area contributed by atoms with Crippen LogP contribution in [0, 0.1) is 6.92 Å². The second-order valence-corrected chi connectivity index (χ2v) is 2.95. The fraction of sp³-hybridized carbons (Fsp3) is 0.364. The van der Waals surface area contributed by atoms with Gasteiger partial charge in [0.2, 0.25) is 0 Å². The minimum Gasteiger partial charge on any atom is -0.490 e. The fourth-order valence-corrected chi connectivity index (χ4v) is 1.19. The Morgan fingerprint density at radius 1 is 1.36 bits per heavy atom. The van der Waals surface area contributed by atoms with Gasteiger partial charge in [-0.1, -0.05) is 12.1 Å². The van der Waals surface area contributed by atoms with Crippen LogP contribution in [0.1, 0.15) is 15.9 Å². The van der Waals surface area contributed by atoms with Crippen molar-refractivity contribution in [3.05, 3.63) is 29.3 Å². The van der Waals surface area contributed by atoms with E-state index >= 15 is 0 Å². The van der Waals surface area contributed by atoms with E-state index in [0.717, 1.165) is 11.8 Å². The number of aryl methyl sites for hydroxylation is 1. The number of ether oxygens (including phenoxy) is 2. The molecule has 0 aliphatic heterocycles. The van der Waals surface area contributed by atoms with Crippen molar-refractivity contribution >= 4 is 6.29 Å². The van der Waals surface area contributed by atoms with Crippen molar-refractivity contribution in [3.63, 3.8) is 0 Å². The zero-order chi connectivity index (χ0) is 10.4. The average Bonchev–Trinajstić information content (AvgIpc) is 2.20. The van der Waals surface area contributed by atoms with Crippen molar-refractivity contribution in [1.29, 1.82) is 0 Å². The first-order chi connectivity index (χ1) is 6.79. The molecule has 0 saturated heterocycles. The van der Waals surface area contributed by atoms with Crippen LogP contribution in [0.15, 0.2) is 18.2 Å². The van der Waals surface area contributed by atoms with E-state index in [9.17, 15) is 4.79 Å². The summed E-state index contributed by atoms with van der Waals surface area (Å²) in [6.07, 6.45) is 0.801.